The molecule has 0 atom stereocenters. The van der Waals surface area contributed by atoms with Crippen LogP contribution in [0.15, 0.2) is 50.7 Å². The van der Waals surface area contributed by atoms with Gasteiger partial charge < -0.3 is 9.73 Å². The van der Waals surface area contributed by atoms with Crippen molar-refractivity contribution in [1.29, 1.82) is 0 Å². The summed E-state index contributed by atoms with van der Waals surface area (Å²) in [6, 6.07) is 7.05. The molecular formula is C19H18N4O4S. The molecule has 4 rings (SSSR count). The number of pyridine rings is 1. The van der Waals surface area contributed by atoms with Gasteiger partial charge in [-0.25, -0.2) is 9.78 Å². The van der Waals surface area contributed by atoms with Gasteiger partial charge in [0, 0.05) is 18.1 Å². The molecule has 4 aromatic heterocycles. The van der Waals surface area contributed by atoms with Gasteiger partial charge in [0.25, 0.3) is 5.56 Å². The average Bonchev–Trinajstić information content (AvgIpc) is 3.34. The highest BCUT2D eigenvalue weighted by Gasteiger charge is 2.20. The normalized spacial score (nSPS) is 11.3. The lowest BCUT2D eigenvalue weighted by molar-refractivity contribution is -0.121. The number of carbonyl (C=O) groups excluding carboxylic acids is 1. The van der Waals surface area contributed by atoms with E-state index in [4.69, 9.17) is 4.42 Å². The maximum atomic E-state index is 13.0. The van der Waals surface area contributed by atoms with Gasteiger partial charge in [-0.05, 0) is 30.7 Å². The predicted octanol–water partition coefficient (Wildman–Crippen LogP) is 2.09. The summed E-state index contributed by atoms with van der Waals surface area (Å²) in [6.45, 7) is 2.22. The Labute approximate surface area is 163 Å². The maximum absolute atomic E-state index is 13.0. The fourth-order valence-corrected chi connectivity index (χ4v) is 4.25. The van der Waals surface area contributed by atoms with Gasteiger partial charge in [-0.1, -0.05) is 6.92 Å². The Balaban J connectivity index is 1.82. The summed E-state index contributed by atoms with van der Waals surface area (Å²) < 4.78 is 8.19. The van der Waals surface area contributed by atoms with E-state index in [0.717, 1.165) is 0 Å². The van der Waals surface area contributed by atoms with Crippen LogP contribution in [0.4, 0.5) is 0 Å². The zero-order valence-electron chi connectivity index (χ0n) is 15.2. The first-order chi connectivity index (χ1) is 13.6. The topological polar surface area (TPSA) is 99.1 Å². The van der Waals surface area contributed by atoms with Gasteiger partial charge in [0.05, 0.1) is 18.3 Å². The highest BCUT2D eigenvalue weighted by molar-refractivity contribution is 7.25. The van der Waals surface area contributed by atoms with E-state index in [9.17, 15) is 14.4 Å². The number of fused-ring (bicyclic) bond motifs is 3. The minimum absolute atomic E-state index is 0.194. The summed E-state index contributed by atoms with van der Waals surface area (Å²) in [5.74, 6) is 0.275. The molecule has 0 saturated carbocycles. The van der Waals surface area contributed by atoms with Crippen LogP contribution >= 0.6 is 11.3 Å². The van der Waals surface area contributed by atoms with Crippen LogP contribution in [0.5, 0.6) is 0 Å². The van der Waals surface area contributed by atoms with Crippen LogP contribution < -0.4 is 16.6 Å². The van der Waals surface area contributed by atoms with Crippen molar-refractivity contribution in [2.45, 2.75) is 33.0 Å². The SMILES string of the molecule is CCCn1c(=O)c2sc3ncccc3c2n(CC(=O)NCc2ccco2)c1=O. The summed E-state index contributed by atoms with van der Waals surface area (Å²) in [5, 5.41) is 3.43. The van der Waals surface area contributed by atoms with Crippen molar-refractivity contribution < 1.29 is 9.21 Å². The smallest absolute Gasteiger partial charge is 0.332 e. The van der Waals surface area contributed by atoms with Crippen LogP contribution in [0.1, 0.15) is 19.1 Å². The molecular weight excluding hydrogens is 380 g/mol. The Hall–Kier alpha value is -3.20. The minimum Gasteiger partial charge on any atom is -0.467 e. The molecule has 0 spiro atoms. The summed E-state index contributed by atoms with van der Waals surface area (Å²) in [6.07, 6.45) is 3.80. The molecule has 9 heteroatoms. The summed E-state index contributed by atoms with van der Waals surface area (Å²) in [7, 11) is 0. The lowest BCUT2D eigenvalue weighted by atomic mass is 10.3. The molecule has 28 heavy (non-hydrogen) atoms. The number of nitrogens with one attached hydrogen (secondary N) is 1. The molecule has 0 aliphatic carbocycles. The van der Waals surface area contributed by atoms with Crippen LogP contribution in [0, 0.1) is 0 Å². The third kappa shape index (κ3) is 3.13. The minimum atomic E-state index is -0.490. The van der Waals surface area contributed by atoms with E-state index >= 15 is 0 Å². The number of furan rings is 1. The van der Waals surface area contributed by atoms with Gasteiger partial charge in [-0.3, -0.25) is 18.7 Å². The Morgan fingerprint density at radius 3 is 2.86 bits per heavy atom. The van der Waals surface area contributed by atoms with Crippen molar-refractivity contribution in [3.05, 3.63) is 63.3 Å². The molecule has 0 radical (unpaired) electrons. The van der Waals surface area contributed by atoms with Crippen molar-refractivity contribution in [3.63, 3.8) is 0 Å². The summed E-state index contributed by atoms with van der Waals surface area (Å²) >= 11 is 1.24. The van der Waals surface area contributed by atoms with Gasteiger partial charge in [-0.15, -0.1) is 11.3 Å². The molecule has 0 unspecified atom stereocenters. The monoisotopic (exact) mass is 398 g/mol. The fourth-order valence-electron chi connectivity index (χ4n) is 3.15. The molecule has 4 heterocycles. The van der Waals surface area contributed by atoms with Gasteiger partial charge >= 0.3 is 5.69 Å². The first-order valence-corrected chi connectivity index (χ1v) is 9.71. The van der Waals surface area contributed by atoms with E-state index in [1.54, 1.807) is 24.4 Å². The van der Waals surface area contributed by atoms with E-state index in [0.29, 0.717) is 39.2 Å². The summed E-state index contributed by atoms with van der Waals surface area (Å²) in [4.78, 5) is 43.3. The Kier molecular flexibility index (Phi) is 4.82. The van der Waals surface area contributed by atoms with Gasteiger partial charge in [0.1, 0.15) is 21.8 Å². The third-order valence-corrected chi connectivity index (χ3v) is 5.49. The predicted molar refractivity (Wildman–Crippen MR) is 106 cm³/mol. The number of thiophene rings is 1. The molecule has 0 aliphatic rings. The Bertz CT molecular complexity index is 1270. The molecule has 0 aliphatic heterocycles. The van der Waals surface area contributed by atoms with E-state index in [1.165, 1.54) is 26.7 Å². The fraction of sp³-hybridized carbons (Fsp3) is 0.263. The van der Waals surface area contributed by atoms with Crippen LogP contribution in [-0.2, 0) is 24.4 Å². The van der Waals surface area contributed by atoms with Gasteiger partial charge in [-0.2, -0.15) is 0 Å². The van der Waals surface area contributed by atoms with Gasteiger partial charge in [0.2, 0.25) is 5.91 Å². The standard InChI is InChI=1S/C19H18N4O4S/c1-2-8-22-18(25)16-15(13-6-3-7-20-17(13)28-16)23(19(22)26)11-14(24)21-10-12-5-4-9-27-12/h3-7,9H,2,8,10-11H2,1H3,(H,21,24). The zero-order valence-corrected chi connectivity index (χ0v) is 16.0. The molecule has 144 valence electrons. The maximum Gasteiger partial charge on any atom is 0.332 e. The number of amides is 1. The number of carbonyl (C=O) groups is 1. The van der Waals surface area contributed by atoms with E-state index in [-0.39, 0.29) is 24.6 Å². The number of rotatable bonds is 6. The summed E-state index contributed by atoms with van der Waals surface area (Å²) in [5.41, 5.74) is -0.364. The molecule has 4 aromatic rings. The van der Waals surface area contributed by atoms with Crippen molar-refractivity contribution in [2.75, 3.05) is 0 Å². The largest absolute Gasteiger partial charge is 0.467 e. The second kappa shape index (κ2) is 7.43. The molecule has 0 bridgehead atoms. The average molecular weight is 398 g/mol. The van der Waals surface area contributed by atoms with Crippen molar-refractivity contribution in [2.24, 2.45) is 0 Å². The van der Waals surface area contributed by atoms with Crippen LogP contribution in [0.25, 0.3) is 20.4 Å². The van der Waals surface area contributed by atoms with Crippen molar-refractivity contribution >= 4 is 37.7 Å². The van der Waals surface area contributed by atoms with Crippen molar-refractivity contribution in [3.8, 4) is 0 Å². The molecule has 0 fully saturated rings. The van der Waals surface area contributed by atoms with Crippen molar-refractivity contribution in [1.82, 2.24) is 19.4 Å². The zero-order chi connectivity index (χ0) is 19.7. The Morgan fingerprint density at radius 2 is 2.11 bits per heavy atom. The molecule has 0 aromatic carbocycles. The number of hydrogen-bond acceptors (Lipinski definition) is 6. The lowest BCUT2D eigenvalue weighted by Gasteiger charge is -2.12. The third-order valence-electron chi connectivity index (χ3n) is 4.40. The van der Waals surface area contributed by atoms with Crippen LogP contribution in [0.2, 0.25) is 0 Å². The molecule has 1 amide bonds. The highest BCUT2D eigenvalue weighted by atomic mass is 32.1. The lowest BCUT2D eigenvalue weighted by Crippen LogP contribution is -2.42. The second-order valence-electron chi connectivity index (χ2n) is 6.32. The number of hydrogen-bond donors (Lipinski definition) is 1. The first kappa shape index (κ1) is 18.2. The van der Waals surface area contributed by atoms with E-state index in [1.807, 2.05) is 13.0 Å². The number of aromatic nitrogens is 3. The van der Waals surface area contributed by atoms with E-state index in [2.05, 4.69) is 10.3 Å². The van der Waals surface area contributed by atoms with Crippen LogP contribution in [-0.4, -0.2) is 20.0 Å². The van der Waals surface area contributed by atoms with Gasteiger partial charge in [0.15, 0.2) is 0 Å². The molecule has 8 nitrogen and oxygen atoms in total. The highest BCUT2D eigenvalue weighted by Crippen LogP contribution is 2.29. The van der Waals surface area contributed by atoms with E-state index < -0.39 is 5.69 Å². The number of nitrogens with zero attached hydrogens (tertiary/aromatic N) is 3. The first-order valence-electron chi connectivity index (χ1n) is 8.90. The molecule has 0 saturated heterocycles. The molecule has 1 N–H and O–H groups in total. The quantitative estimate of drug-likeness (QED) is 0.536. The Morgan fingerprint density at radius 1 is 1.25 bits per heavy atom. The van der Waals surface area contributed by atoms with Crippen LogP contribution in [0.3, 0.4) is 0 Å². The second-order valence-corrected chi connectivity index (χ2v) is 7.32.